The molecule has 0 unspecified atom stereocenters. The minimum Gasteiger partial charge on any atom is -0.302 e. The van der Waals surface area contributed by atoms with Gasteiger partial charge in [-0.05, 0) is 37.4 Å². The van der Waals surface area contributed by atoms with E-state index in [4.69, 9.17) is 0 Å². The van der Waals surface area contributed by atoms with Crippen LogP contribution in [-0.4, -0.2) is 67.1 Å². The van der Waals surface area contributed by atoms with Gasteiger partial charge in [-0.2, -0.15) is 0 Å². The van der Waals surface area contributed by atoms with E-state index in [0.717, 1.165) is 6.54 Å². The number of likely N-dealkylation sites (tertiary alicyclic amines) is 1. The van der Waals surface area contributed by atoms with Crippen molar-refractivity contribution in [2.75, 3.05) is 52.4 Å². The van der Waals surface area contributed by atoms with E-state index in [-0.39, 0.29) is 0 Å². The fourth-order valence-corrected chi connectivity index (χ4v) is 4.01. The standard InChI is InChI=1S/C16H27N3S/c1-2-6-17(7-3-1)8-9-18-10-12-19(13-11-18)15-16-5-4-14-20-16/h4-5,14H,1-3,6-13,15H2. The van der Waals surface area contributed by atoms with E-state index in [1.165, 1.54) is 76.5 Å². The van der Waals surface area contributed by atoms with Crippen LogP contribution >= 0.6 is 11.3 Å². The zero-order valence-electron chi connectivity index (χ0n) is 12.5. The SMILES string of the molecule is c1csc(CN2CCN(CCN3CCCCC3)CC2)c1. The normalized spacial score (nSPS) is 23.2. The molecule has 3 heterocycles. The first-order chi connectivity index (χ1) is 9.90. The second kappa shape index (κ2) is 7.55. The summed E-state index contributed by atoms with van der Waals surface area (Å²) in [6.07, 6.45) is 4.26. The molecule has 2 fully saturated rings. The van der Waals surface area contributed by atoms with Crippen LogP contribution in [0.2, 0.25) is 0 Å². The average molecular weight is 293 g/mol. The smallest absolute Gasteiger partial charge is 0.0328 e. The first-order valence-electron chi connectivity index (χ1n) is 8.09. The van der Waals surface area contributed by atoms with Gasteiger partial charge in [0, 0.05) is 50.7 Å². The molecule has 0 atom stereocenters. The lowest BCUT2D eigenvalue weighted by Crippen LogP contribution is -2.48. The van der Waals surface area contributed by atoms with Crippen molar-refractivity contribution in [1.82, 2.24) is 14.7 Å². The summed E-state index contributed by atoms with van der Waals surface area (Å²) in [5.74, 6) is 0. The lowest BCUT2D eigenvalue weighted by atomic mass is 10.1. The summed E-state index contributed by atoms with van der Waals surface area (Å²) in [6, 6.07) is 4.42. The van der Waals surface area contributed by atoms with Crippen LogP contribution in [0.5, 0.6) is 0 Å². The van der Waals surface area contributed by atoms with Crippen molar-refractivity contribution in [3.63, 3.8) is 0 Å². The van der Waals surface area contributed by atoms with Gasteiger partial charge in [-0.25, -0.2) is 0 Å². The van der Waals surface area contributed by atoms with E-state index in [9.17, 15) is 0 Å². The second-order valence-electron chi connectivity index (χ2n) is 6.10. The molecule has 0 spiro atoms. The Balaban J connectivity index is 1.33. The monoisotopic (exact) mass is 293 g/mol. The van der Waals surface area contributed by atoms with Gasteiger partial charge < -0.3 is 4.90 Å². The first kappa shape index (κ1) is 14.5. The Labute approximate surface area is 127 Å². The largest absolute Gasteiger partial charge is 0.302 e. The highest BCUT2D eigenvalue weighted by atomic mass is 32.1. The summed E-state index contributed by atoms with van der Waals surface area (Å²) < 4.78 is 0. The first-order valence-corrected chi connectivity index (χ1v) is 8.97. The van der Waals surface area contributed by atoms with Gasteiger partial charge in [0.1, 0.15) is 0 Å². The number of hydrogen-bond donors (Lipinski definition) is 0. The zero-order chi connectivity index (χ0) is 13.6. The van der Waals surface area contributed by atoms with Gasteiger partial charge in [-0.1, -0.05) is 12.5 Å². The molecule has 0 bridgehead atoms. The molecule has 2 aliphatic rings. The lowest BCUT2D eigenvalue weighted by molar-refractivity contribution is 0.110. The number of rotatable bonds is 5. The highest BCUT2D eigenvalue weighted by Gasteiger charge is 2.18. The summed E-state index contributed by atoms with van der Waals surface area (Å²) in [5.41, 5.74) is 0. The molecule has 1 aromatic heterocycles. The molecule has 0 aromatic carbocycles. The van der Waals surface area contributed by atoms with E-state index in [1.807, 2.05) is 11.3 Å². The minimum atomic E-state index is 1.15. The molecule has 0 N–H and O–H groups in total. The minimum absolute atomic E-state index is 1.15. The molecular formula is C16H27N3S. The fraction of sp³-hybridized carbons (Fsp3) is 0.750. The Bertz CT molecular complexity index is 365. The van der Waals surface area contributed by atoms with Crippen molar-refractivity contribution < 1.29 is 0 Å². The predicted octanol–water partition coefficient (Wildman–Crippen LogP) is 2.35. The third kappa shape index (κ3) is 4.29. The summed E-state index contributed by atoms with van der Waals surface area (Å²) in [5, 5.41) is 2.18. The Morgan fingerprint density at radius 3 is 2.10 bits per heavy atom. The van der Waals surface area contributed by atoms with Crippen molar-refractivity contribution in [3.05, 3.63) is 22.4 Å². The summed E-state index contributed by atoms with van der Waals surface area (Å²) in [6.45, 7) is 11.3. The van der Waals surface area contributed by atoms with Crippen LogP contribution in [0.1, 0.15) is 24.1 Å². The molecule has 2 aliphatic heterocycles. The molecule has 20 heavy (non-hydrogen) atoms. The number of piperidine rings is 1. The molecule has 3 rings (SSSR count). The second-order valence-corrected chi connectivity index (χ2v) is 7.13. The van der Waals surface area contributed by atoms with Crippen LogP contribution in [0, 0.1) is 0 Å². The van der Waals surface area contributed by atoms with Gasteiger partial charge in [-0.3, -0.25) is 9.80 Å². The van der Waals surface area contributed by atoms with Gasteiger partial charge in [0.15, 0.2) is 0 Å². The molecule has 0 amide bonds. The van der Waals surface area contributed by atoms with Crippen LogP contribution < -0.4 is 0 Å². The summed E-state index contributed by atoms with van der Waals surface area (Å²) in [7, 11) is 0. The van der Waals surface area contributed by atoms with Gasteiger partial charge in [0.2, 0.25) is 0 Å². The van der Waals surface area contributed by atoms with Crippen molar-refractivity contribution >= 4 is 11.3 Å². The molecule has 112 valence electrons. The van der Waals surface area contributed by atoms with E-state index in [1.54, 1.807) is 0 Å². The van der Waals surface area contributed by atoms with Crippen LogP contribution in [0.25, 0.3) is 0 Å². The van der Waals surface area contributed by atoms with Gasteiger partial charge in [0.05, 0.1) is 0 Å². The third-order valence-corrected chi connectivity index (χ3v) is 5.47. The fourth-order valence-electron chi connectivity index (χ4n) is 3.26. The Hall–Kier alpha value is -0.420. The average Bonchev–Trinajstić information content (AvgIpc) is 3.01. The molecule has 4 heteroatoms. The summed E-state index contributed by atoms with van der Waals surface area (Å²) in [4.78, 5) is 9.41. The molecule has 0 radical (unpaired) electrons. The quantitative estimate of drug-likeness (QED) is 0.825. The summed E-state index contributed by atoms with van der Waals surface area (Å²) >= 11 is 1.88. The maximum Gasteiger partial charge on any atom is 0.0328 e. The van der Waals surface area contributed by atoms with Crippen LogP contribution in [-0.2, 0) is 6.54 Å². The van der Waals surface area contributed by atoms with Crippen LogP contribution in [0.4, 0.5) is 0 Å². The van der Waals surface area contributed by atoms with Crippen molar-refractivity contribution in [3.8, 4) is 0 Å². The van der Waals surface area contributed by atoms with E-state index in [2.05, 4.69) is 32.2 Å². The van der Waals surface area contributed by atoms with Gasteiger partial charge in [0.25, 0.3) is 0 Å². The van der Waals surface area contributed by atoms with Gasteiger partial charge >= 0.3 is 0 Å². The highest BCUT2D eigenvalue weighted by molar-refractivity contribution is 7.09. The van der Waals surface area contributed by atoms with Crippen molar-refractivity contribution in [1.29, 1.82) is 0 Å². The molecular weight excluding hydrogens is 266 g/mol. The van der Waals surface area contributed by atoms with E-state index >= 15 is 0 Å². The Morgan fingerprint density at radius 1 is 0.800 bits per heavy atom. The number of nitrogens with zero attached hydrogens (tertiary/aromatic N) is 3. The number of piperazine rings is 1. The Morgan fingerprint density at radius 2 is 1.45 bits per heavy atom. The van der Waals surface area contributed by atoms with Crippen molar-refractivity contribution in [2.45, 2.75) is 25.8 Å². The maximum atomic E-state index is 2.65. The highest BCUT2D eigenvalue weighted by Crippen LogP contribution is 2.14. The Kier molecular flexibility index (Phi) is 5.48. The maximum absolute atomic E-state index is 2.65. The number of thiophene rings is 1. The van der Waals surface area contributed by atoms with E-state index in [0.29, 0.717) is 0 Å². The van der Waals surface area contributed by atoms with E-state index < -0.39 is 0 Å². The van der Waals surface area contributed by atoms with Gasteiger partial charge in [-0.15, -0.1) is 11.3 Å². The number of hydrogen-bond acceptors (Lipinski definition) is 4. The third-order valence-electron chi connectivity index (χ3n) is 4.61. The van der Waals surface area contributed by atoms with Crippen molar-refractivity contribution in [2.24, 2.45) is 0 Å². The molecule has 2 saturated heterocycles. The topological polar surface area (TPSA) is 9.72 Å². The van der Waals surface area contributed by atoms with Crippen LogP contribution in [0.3, 0.4) is 0 Å². The predicted molar refractivity (Wildman–Crippen MR) is 86.3 cm³/mol. The molecule has 0 aliphatic carbocycles. The van der Waals surface area contributed by atoms with Crippen LogP contribution in [0.15, 0.2) is 17.5 Å². The molecule has 1 aromatic rings. The molecule has 0 saturated carbocycles. The lowest BCUT2D eigenvalue weighted by Gasteiger charge is -2.36. The molecule has 3 nitrogen and oxygen atoms in total. The zero-order valence-corrected chi connectivity index (χ0v) is 13.3.